The molecule has 0 fully saturated rings. The zero-order valence-corrected chi connectivity index (χ0v) is 7.18. The molecule has 0 heterocycles. The molecule has 1 aliphatic carbocycles. The highest BCUT2D eigenvalue weighted by Crippen LogP contribution is 2.19. The Kier molecular flexibility index (Phi) is 2.69. The molecule has 0 saturated heterocycles. The summed E-state index contributed by atoms with van der Waals surface area (Å²) in [7, 11) is 0. The van der Waals surface area contributed by atoms with E-state index in [4.69, 9.17) is 0 Å². The average Bonchev–Trinajstić information content (AvgIpc) is 1.85. The molecule has 1 rings (SSSR count). The number of rotatable bonds is 2. The average molecular weight is 153 g/mol. The molecule has 0 aromatic rings. The number of nitrogens with one attached hydrogen (secondary N) is 1. The van der Waals surface area contributed by atoms with Crippen LogP contribution < -0.4 is 5.32 Å². The lowest BCUT2D eigenvalue weighted by Crippen LogP contribution is -2.21. The zero-order valence-electron chi connectivity index (χ0n) is 7.18. The van der Waals surface area contributed by atoms with Crippen LogP contribution in [0, 0.1) is 5.92 Å². The highest BCUT2D eigenvalue weighted by molar-refractivity contribution is 5.91. The fraction of sp³-hybridized carbons (Fsp3) is 0.667. The van der Waals surface area contributed by atoms with Crippen LogP contribution in [0.1, 0.15) is 26.7 Å². The van der Waals surface area contributed by atoms with Crippen molar-refractivity contribution >= 4 is 5.78 Å². The van der Waals surface area contributed by atoms with Gasteiger partial charge in [0, 0.05) is 24.7 Å². The second-order valence-electron chi connectivity index (χ2n) is 3.18. The minimum Gasteiger partial charge on any atom is -0.389 e. The van der Waals surface area contributed by atoms with Crippen LogP contribution in [-0.2, 0) is 4.79 Å². The van der Waals surface area contributed by atoms with Crippen molar-refractivity contribution < 1.29 is 4.79 Å². The summed E-state index contributed by atoms with van der Waals surface area (Å²) < 4.78 is 0. The molecule has 2 heteroatoms. The highest BCUT2D eigenvalue weighted by atomic mass is 16.1. The highest BCUT2D eigenvalue weighted by Gasteiger charge is 2.15. The van der Waals surface area contributed by atoms with Gasteiger partial charge in [0.05, 0.1) is 0 Å². The molecule has 1 atom stereocenters. The summed E-state index contributed by atoms with van der Waals surface area (Å²) in [6, 6.07) is 0. The third-order valence-corrected chi connectivity index (χ3v) is 1.86. The second kappa shape index (κ2) is 3.56. The number of ketones is 1. The van der Waals surface area contributed by atoms with Crippen molar-refractivity contribution in [2.75, 3.05) is 6.54 Å². The summed E-state index contributed by atoms with van der Waals surface area (Å²) in [5, 5.41) is 3.19. The first kappa shape index (κ1) is 8.31. The van der Waals surface area contributed by atoms with E-state index in [9.17, 15) is 4.79 Å². The SMILES string of the molecule is CCNC1=CC(=O)CC(C)C1. The number of carbonyl (C=O) groups is 1. The normalized spacial score (nSPS) is 24.7. The van der Waals surface area contributed by atoms with E-state index in [1.807, 2.05) is 6.92 Å². The fourth-order valence-electron chi connectivity index (χ4n) is 1.45. The van der Waals surface area contributed by atoms with Gasteiger partial charge in [-0.25, -0.2) is 0 Å². The molecule has 62 valence electrons. The summed E-state index contributed by atoms with van der Waals surface area (Å²) in [5.41, 5.74) is 1.11. The van der Waals surface area contributed by atoms with E-state index in [1.54, 1.807) is 6.08 Å². The Morgan fingerprint density at radius 1 is 1.64 bits per heavy atom. The lowest BCUT2D eigenvalue weighted by Gasteiger charge is -2.18. The van der Waals surface area contributed by atoms with Gasteiger partial charge in [0.15, 0.2) is 5.78 Å². The van der Waals surface area contributed by atoms with Crippen LogP contribution in [0.25, 0.3) is 0 Å². The first-order chi connectivity index (χ1) is 5.22. The van der Waals surface area contributed by atoms with Gasteiger partial charge in [0.1, 0.15) is 0 Å². The summed E-state index contributed by atoms with van der Waals surface area (Å²) in [5.74, 6) is 0.779. The maximum absolute atomic E-state index is 11.0. The van der Waals surface area contributed by atoms with Gasteiger partial charge in [-0.05, 0) is 19.3 Å². The number of allylic oxidation sites excluding steroid dienone is 2. The van der Waals surface area contributed by atoms with E-state index in [-0.39, 0.29) is 5.78 Å². The third-order valence-electron chi connectivity index (χ3n) is 1.86. The van der Waals surface area contributed by atoms with Crippen molar-refractivity contribution in [1.82, 2.24) is 5.32 Å². The van der Waals surface area contributed by atoms with Crippen LogP contribution >= 0.6 is 0 Å². The second-order valence-corrected chi connectivity index (χ2v) is 3.18. The first-order valence-corrected chi connectivity index (χ1v) is 4.19. The van der Waals surface area contributed by atoms with Gasteiger partial charge in [-0.2, -0.15) is 0 Å². The smallest absolute Gasteiger partial charge is 0.157 e. The van der Waals surface area contributed by atoms with E-state index in [2.05, 4.69) is 12.2 Å². The van der Waals surface area contributed by atoms with Crippen molar-refractivity contribution in [1.29, 1.82) is 0 Å². The molecule has 0 bridgehead atoms. The van der Waals surface area contributed by atoms with Crippen molar-refractivity contribution in [2.24, 2.45) is 5.92 Å². The van der Waals surface area contributed by atoms with E-state index in [1.165, 1.54) is 0 Å². The van der Waals surface area contributed by atoms with Crippen molar-refractivity contribution in [2.45, 2.75) is 26.7 Å². The van der Waals surface area contributed by atoms with Crippen LogP contribution in [0.4, 0.5) is 0 Å². The van der Waals surface area contributed by atoms with Gasteiger partial charge in [0.25, 0.3) is 0 Å². The maximum Gasteiger partial charge on any atom is 0.157 e. The van der Waals surface area contributed by atoms with E-state index < -0.39 is 0 Å². The van der Waals surface area contributed by atoms with Gasteiger partial charge in [0.2, 0.25) is 0 Å². The molecular formula is C9H15NO. The molecule has 0 spiro atoms. The van der Waals surface area contributed by atoms with Gasteiger partial charge in [-0.1, -0.05) is 6.92 Å². The predicted octanol–water partition coefficient (Wildman–Crippen LogP) is 1.48. The topological polar surface area (TPSA) is 29.1 Å². The maximum atomic E-state index is 11.0. The lowest BCUT2D eigenvalue weighted by atomic mass is 9.93. The van der Waals surface area contributed by atoms with Crippen LogP contribution in [0.3, 0.4) is 0 Å². The van der Waals surface area contributed by atoms with Gasteiger partial charge < -0.3 is 5.32 Å². The molecule has 11 heavy (non-hydrogen) atoms. The van der Waals surface area contributed by atoms with Crippen LogP contribution in [0.15, 0.2) is 11.8 Å². The third kappa shape index (κ3) is 2.37. The predicted molar refractivity (Wildman–Crippen MR) is 45.2 cm³/mol. The fourth-order valence-corrected chi connectivity index (χ4v) is 1.45. The van der Waals surface area contributed by atoms with Crippen LogP contribution in [-0.4, -0.2) is 12.3 Å². The molecule has 0 aromatic heterocycles. The minimum absolute atomic E-state index is 0.264. The number of hydrogen-bond donors (Lipinski definition) is 1. The zero-order chi connectivity index (χ0) is 8.27. The molecule has 0 amide bonds. The monoisotopic (exact) mass is 153 g/mol. The largest absolute Gasteiger partial charge is 0.389 e. The molecule has 0 aliphatic heterocycles. The first-order valence-electron chi connectivity index (χ1n) is 4.19. The molecule has 0 radical (unpaired) electrons. The Morgan fingerprint density at radius 3 is 2.91 bits per heavy atom. The summed E-state index contributed by atoms with van der Waals surface area (Å²) >= 11 is 0. The Hall–Kier alpha value is -0.790. The molecule has 0 saturated carbocycles. The van der Waals surface area contributed by atoms with E-state index >= 15 is 0 Å². The quantitative estimate of drug-likeness (QED) is 0.651. The van der Waals surface area contributed by atoms with E-state index in [0.29, 0.717) is 5.92 Å². The van der Waals surface area contributed by atoms with Crippen LogP contribution in [0.5, 0.6) is 0 Å². The standard InChI is InChI=1S/C9H15NO/c1-3-10-8-4-7(2)5-9(11)6-8/h6-7,10H,3-5H2,1-2H3. The summed E-state index contributed by atoms with van der Waals surface area (Å²) in [6.45, 7) is 5.07. The van der Waals surface area contributed by atoms with Gasteiger partial charge >= 0.3 is 0 Å². The minimum atomic E-state index is 0.264. The Labute approximate surface area is 67.7 Å². The van der Waals surface area contributed by atoms with Gasteiger partial charge in [-0.3, -0.25) is 4.79 Å². The Morgan fingerprint density at radius 2 is 2.36 bits per heavy atom. The summed E-state index contributed by atoms with van der Waals surface area (Å²) in [4.78, 5) is 11.0. The van der Waals surface area contributed by atoms with E-state index in [0.717, 1.165) is 25.1 Å². The molecule has 1 unspecified atom stereocenters. The number of carbonyl (C=O) groups excluding carboxylic acids is 1. The lowest BCUT2D eigenvalue weighted by molar-refractivity contribution is -0.115. The molecule has 1 N–H and O–H groups in total. The molecule has 1 aliphatic rings. The van der Waals surface area contributed by atoms with Crippen molar-refractivity contribution in [3.05, 3.63) is 11.8 Å². The van der Waals surface area contributed by atoms with Gasteiger partial charge in [-0.15, -0.1) is 0 Å². The molecule has 0 aromatic carbocycles. The molecular weight excluding hydrogens is 138 g/mol. The van der Waals surface area contributed by atoms with Crippen molar-refractivity contribution in [3.8, 4) is 0 Å². The molecule has 2 nitrogen and oxygen atoms in total. The Balaban J connectivity index is 2.57. The van der Waals surface area contributed by atoms with Crippen LogP contribution in [0.2, 0.25) is 0 Å². The van der Waals surface area contributed by atoms with Crippen molar-refractivity contribution in [3.63, 3.8) is 0 Å². The number of hydrogen-bond acceptors (Lipinski definition) is 2. The summed E-state index contributed by atoms with van der Waals surface area (Å²) in [6.07, 6.45) is 3.48. The Bertz CT molecular complexity index is 184.